The lowest BCUT2D eigenvalue weighted by Gasteiger charge is -2.30. The third-order valence-electron chi connectivity index (χ3n) is 5.63. The van der Waals surface area contributed by atoms with E-state index in [1.165, 1.54) is 11.3 Å². The van der Waals surface area contributed by atoms with E-state index in [1.54, 1.807) is 0 Å². The third-order valence-corrected chi connectivity index (χ3v) is 5.63. The summed E-state index contributed by atoms with van der Waals surface area (Å²) < 4.78 is 0. The molecule has 140 valence electrons. The molecule has 0 saturated carbocycles. The SMILES string of the molecule is Nc1nc(N)c2nc(CC3C=CC=C4NC5C=CC=CC5=CCC43)ccc2n1. The van der Waals surface area contributed by atoms with Gasteiger partial charge in [0.05, 0.1) is 11.6 Å². The first-order valence-electron chi connectivity index (χ1n) is 9.56. The molecule has 0 amide bonds. The molecular weight excluding hydrogens is 348 g/mol. The van der Waals surface area contributed by atoms with Gasteiger partial charge in [0.25, 0.3) is 0 Å². The average molecular weight is 370 g/mol. The summed E-state index contributed by atoms with van der Waals surface area (Å²) in [6.07, 6.45) is 19.4. The number of nitrogens with one attached hydrogen (secondary N) is 1. The smallest absolute Gasteiger partial charge is 0.222 e. The monoisotopic (exact) mass is 370 g/mol. The molecule has 0 radical (unpaired) electrons. The Kier molecular flexibility index (Phi) is 3.97. The van der Waals surface area contributed by atoms with Crippen LogP contribution in [0.4, 0.5) is 11.8 Å². The fourth-order valence-electron chi connectivity index (χ4n) is 4.23. The van der Waals surface area contributed by atoms with Gasteiger partial charge in [-0.25, -0.2) is 9.97 Å². The summed E-state index contributed by atoms with van der Waals surface area (Å²) in [4.78, 5) is 13.0. The van der Waals surface area contributed by atoms with Crippen LogP contribution in [0.3, 0.4) is 0 Å². The number of nitrogen functional groups attached to an aromatic ring is 2. The molecule has 0 spiro atoms. The average Bonchev–Trinajstić information content (AvgIpc) is 2.88. The number of nitrogens with two attached hydrogens (primary N) is 2. The fourth-order valence-corrected chi connectivity index (χ4v) is 4.23. The van der Waals surface area contributed by atoms with Crippen LogP contribution in [0.25, 0.3) is 11.0 Å². The molecule has 2 aliphatic carbocycles. The summed E-state index contributed by atoms with van der Waals surface area (Å²) >= 11 is 0. The molecule has 3 heterocycles. The number of nitrogens with zero attached hydrogens (tertiary/aromatic N) is 3. The Bertz CT molecular complexity index is 1090. The van der Waals surface area contributed by atoms with Crippen LogP contribution < -0.4 is 16.8 Å². The highest BCUT2D eigenvalue weighted by atomic mass is 15.0. The Morgan fingerprint density at radius 3 is 2.89 bits per heavy atom. The maximum atomic E-state index is 6.01. The number of fused-ring (bicyclic) bond motifs is 3. The van der Waals surface area contributed by atoms with Gasteiger partial charge >= 0.3 is 0 Å². The first kappa shape index (κ1) is 16.7. The molecule has 6 heteroatoms. The van der Waals surface area contributed by atoms with Crippen LogP contribution in [0.2, 0.25) is 0 Å². The van der Waals surface area contributed by atoms with Gasteiger partial charge in [0.2, 0.25) is 5.95 Å². The van der Waals surface area contributed by atoms with E-state index >= 15 is 0 Å². The number of hydrogen-bond donors (Lipinski definition) is 3. The number of anilines is 2. The van der Waals surface area contributed by atoms with Crippen molar-refractivity contribution in [2.24, 2.45) is 11.8 Å². The van der Waals surface area contributed by atoms with Crippen molar-refractivity contribution in [1.29, 1.82) is 0 Å². The molecule has 2 aromatic rings. The van der Waals surface area contributed by atoms with Gasteiger partial charge in [-0.05, 0) is 42.5 Å². The van der Waals surface area contributed by atoms with Crippen LogP contribution in [-0.2, 0) is 6.42 Å². The number of aromatic nitrogens is 3. The van der Waals surface area contributed by atoms with Crippen molar-refractivity contribution in [1.82, 2.24) is 20.3 Å². The van der Waals surface area contributed by atoms with Crippen molar-refractivity contribution < 1.29 is 0 Å². The van der Waals surface area contributed by atoms with Crippen LogP contribution in [0, 0.1) is 11.8 Å². The van der Waals surface area contributed by atoms with Gasteiger partial charge in [-0.1, -0.05) is 42.5 Å². The first-order chi connectivity index (χ1) is 13.7. The molecule has 3 unspecified atom stereocenters. The number of allylic oxidation sites excluding steroid dienone is 7. The Hall–Kier alpha value is -3.41. The molecule has 3 aliphatic rings. The summed E-state index contributed by atoms with van der Waals surface area (Å²) in [5.74, 6) is 1.26. The highest BCUT2D eigenvalue weighted by Crippen LogP contribution is 2.35. The highest BCUT2D eigenvalue weighted by molar-refractivity contribution is 5.84. The molecule has 2 aromatic heterocycles. The molecule has 1 aliphatic heterocycles. The van der Waals surface area contributed by atoms with Crippen molar-refractivity contribution in [2.45, 2.75) is 18.9 Å². The zero-order valence-electron chi connectivity index (χ0n) is 15.4. The van der Waals surface area contributed by atoms with Gasteiger partial charge in [0.1, 0.15) is 5.52 Å². The summed E-state index contributed by atoms with van der Waals surface area (Å²) in [5, 5.41) is 3.71. The van der Waals surface area contributed by atoms with Gasteiger partial charge in [-0.2, -0.15) is 4.98 Å². The summed E-state index contributed by atoms with van der Waals surface area (Å²) in [5.41, 5.74) is 16.6. The predicted octanol–water partition coefficient (Wildman–Crippen LogP) is 2.83. The maximum Gasteiger partial charge on any atom is 0.222 e. The highest BCUT2D eigenvalue weighted by Gasteiger charge is 2.29. The molecule has 6 nitrogen and oxygen atoms in total. The molecule has 28 heavy (non-hydrogen) atoms. The Balaban J connectivity index is 1.43. The lowest BCUT2D eigenvalue weighted by Crippen LogP contribution is -2.33. The largest absolute Gasteiger partial charge is 0.382 e. The fraction of sp³-hybridized carbons (Fsp3) is 0.227. The molecule has 0 saturated heterocycles. The standard InChI is InChI=1S/C22H22N6/c23-21-20-19(27-22(24)28-21)11-9-15(25-20)12-14-5-3-7-18-16(14)10-8-13-4-1-2-6-17(13)26-18/h1-9,11,14,16-17,26H,10,12H2,(H4,23,24,27,28). The Morgan fingerprint density at radius 1 is 1.04 bits per heavy atom. The van der Waals surface area contributed by atoms with E-state index in [4.69, 9.17) is 16.5 Å². The molecule has 5 N–H and O–H groups in total. The number of pyridine rings is 1. The molecule has 5 rings (SSSR count). The quantitative estimate of drug-likeness (QED) is 0.751. The molecule has 0 bridgehead atoms. The second kappa shape index (κ2) is 6.64. The zero-order valence-corrected chi connectivity index (χ0v) is 15.4. The molecule has 0 aromatic carbocycles. The van der Waals surface area contributed by atoms with Crippen molar-refractivity contribution in [3.8, 4) is 0 Å². The van der Waals surface area contributed by atoms with Crippen LogP contribution in [0.1, 0.15) is 12.1 Å². The van der Waals surface area contributed by atoms with Gasteiger partial charge in [-0.15, -0.1) is 0 Å². The van der Waals surface area contributed by atoms with E-state index in [1.807, 2.05) is 12.1 Å². The van der Waals surface area contributed by atoms with Gasteiger partial charge in [-0.3, -0.25) is 0 Å². The minimum absolute atomic E-state index is 0.173. The van der Waals surface area contributed by atoms with E-state index in [0.717, 1.165) is 18.5 Å². The van der Waals surface area contributed by atoms with Crippen LogP contribution >= 0.6 is 0 Å². The van der Waals surface area contributed by atoms with E-state index < -0.39 is 0 Å². The van der Waals surface area contributed by atoms with E-state index in [-0.39, 0.29) is 12.0 Å². The Labute approximate surface area is 163 Å². The first-order valence-corrected chi connectivity index (χ1v) is 9.56. The molecule has 0 fully saturated rings. The van der Waals surface area contributed by atoms with Gasteiger partial charge in [0.15, 0.2) is 5.82 Å². The Morgan fingerprint density at radius 2 is 1.96 bits per heavy atom. The predicted molar refractivity (Wildman–Crippen MR) is 112 cm³/mol. The summed E-state index contributed by atoms with van der Waals surface area (Å²) in [6.45, 7) is 0. The molecular formula is C22H22N6. The normalized spacial score (nSPS) is 25.4. The van der Waals surface area contributed by atoms with E-state index in [9.17, 15) is 0 Å². The minimum Gasteiger partial charge on any atom is -0.382 e. The van der Waals surface area contributed by atoms with Crippen molar-refractivity contribution in [2.75, 3.05) is 11.5 Å². The van der Waals surface area contributed by atoms with E-state index in [0.29, 0.717) is 28.7 Å². The van der Waals surface area contributed by atoms with Crippen molar-refractivity contribution in [3.63, 3.8) is 0 Å². The van der Waals surface area contributed by atoms with Crippen LogP contribution in [-0.4, -0.2) is 21.0 Å². The minimum atomic E-state index is 0.173. The molecule has 3 atom stereocenters. The van der Waals surface area contributed by atoms with E-state index in [2.05, 4.69) is 63.9 Å². The number of hydrogen-bond acceptors (Lipinski definition) is 6. The summed E-state index contributed by atoms with van der Waals surface area (Å²) in [6, 6.07) is 4.19. The second-order valence-electron chi connectivity index (χ2n) is 7.42. The maximum absolute atomic E-state index is 6.01. The lowest BCUT2D eigenvalue weighted by molar-refractivity contribution is 0.424. The van der Waals surface area contributed by atoms with Crippen LogP contribution in [0.5, 0.6) is 0 Å². The van der Waals surface area contributed by atoms with Crippen molar-refractivity contribution in [3.05, 3.63) is 77.7 Å². The second-order valence-corrected chi connectivity index (χ2v) is 7.42. The topological polar surface area (TPSA) is 103 Å². The van der Waals surface area contributed by atoms with Crippen molar-refractivity contribution >= 4 is 22.8 Å². The number of rotatable bonds is 2. The van der Waals surface area contributed by atoms with Gasteiger partial charge in [0, 0.05) is 17.3 Å². The van der Waals surface area contributed by atoms with Gasteiger partial charge < -0.3 is 16.8 Å². The zero-order chi connectivity index (χ0) is 19.1. The summed E-state index contributed by atoms with van der Waals surface area (Å²) in [7, 11) is 0. The third kappa shape index (κ3) is 2.97. The van der Waals surface area contributed by atoms with Crippen LogP contribution in [0.15, 0.2) is 72.0 Å². The lowest BCUT2D eigenvalue weighted by atomic mass is 9.80.